The highest BCUT2D eigenvalue weighted by Crippen LogP contribution is 2.28. The highest BCUT2D eigenvalue weighted by Gasteiger charge is 2.41. The number of likely N-dealkylation sites (tertiary alicyclic amines) is 1. The van der Waals surface area contributed by atoms with Crippen molar-refractivity contribution in [3.63, 3.8) is 0 Å². The summed E-state index contributed by atoms with van der Waals surface area (Å²) in [6.07, 6.45) is 8.26. The quantitative estimate of drug-likeness (QED) is 0.609. The van der Waals surface area contributed by atoms with Gasteiger partial charge >= 0.3 is 6.09 Å². The van der Waals surface area contributed by atoms with Crippen LogP contribution in [-0.2, 0) is 16.2 Å². The van der Waals surface area contributed by atoms with Crippen LogP contribution < -0.4 is 10.6 Å². The van der Waals surface area contributed by atoms with Gasteiger partial charge in [-0.25, -0.2) is 4.79 Å². The lowest BCUT2D eigenvalue weighted by molar-refractivity contribution is -0.125. The lowest BCUT2D eigenvalue weighted by Gasteiger charge is -2.30. The molecule has 2 heterocycles. The number of rotatable bonds is 8. The second kappa shape index (κ2) is 11.7. The molecule has 34 heavy (non-hydrogen) atoms. The van der Waals surface area contributed by atoms with E-state index < -0.39 is 17.7 Å². The number of benzene rings is 1. The Labute approximate surface area is 202 Å². The predicted octanol–water partition coefficient (Wildman–Crippen LogP) is 3.35. The van der Waals surface area contributed by atoms with Crippen molar-refractivity contribution in [3.8, 4) is 6.07 Å². The summed E-state index contributed by atoms with van der Waals surface area (Å²) in [5.74, 6) is 0.111. The van der Waals surface area contributed by atoms with E-state index in [1.54, 1.807) is 5.06 Å². The van der Waals surface area contributed by atoms with Gasteiger partial charge in [-0.2, -0.15) is 5.26 Å². The molecule has 2 atom stereocenters. The molecule has 8 nitrogen and oxygen atoms in total. The number of carbonyl (C=O) groups is 2. The summed E-state index contributed by atoms with van der Waals surface area (Å²) >= 11 is 0. The lowest BCUT2D eigenvalue weighted by atomic mass is 9.84. The second-order valence-corrected chi connectivity index (χ2v) is 10.1. The summed E-state index contributed by atoms with van der Waals surface area (Å²) in [4.78, 5) is 33.6. The van der Waals surface area contributed by atoms with Crippen LogP contribution in [0, 0.1) is 17.2 Å². The maximum atomic E-state index is 13.4. The molecule has 2 saturated heterocycles. The fraction of sp³-hybridized carbons (Fsp3) is 0.654. The first-order chi connectivity index (χ1) is 16.5. The number of hydroxylamine groups is 2. The molecule has 1 aromatic carbocycles. The van der Waals surface area contributed by atoms with Crippen LogP contribution in [0.3, 0.4) is 0 Å². The number of amides is 2. The van der Waals surface area contributed by atoms with Gasteiger partial charge in [0.25, 0.3) is 0 Å². The molecule has 3 fully saturated rings. The highest BCUT2D eigenvalue weighted by atomic mass is 16.7. The Bertz CT molecular complexity index is 861. The van der Waals surface area contributed by atoms with E-state index in [4.69, 9.17) is 4.84 Å². The molecule has 1 saturated carbocycles. The smallest absolute Gasteiger partial charge is 0.351 e. The largest absolute Gasteiger partial charge is 0.426 e. The number of carbonyl (C=O) groups excluding carboxylic acids is 2. The molecule has 4 rings (SSSR count). The Kier molecular flexibility index (Phi) is 8.41. The minimum absolute atomic E-state index is 0.285. The Morgan fingerprint density at radius 2 is 1.82 bits per heavy atom. The molecule has 0 radical (unpaired) electrons. The van der Waals surface area contributed by atoms with Crippen LogP contribution in [0.15, 0.2) is 30.3 Å². The third-order valence-corrected chi connectivity index (χ3v) is 7.35. The van der Waals surface area contributed by atoms with Gasteiger partial charge in [0, 0.05) is 32.7 Å². The van der Waals surface area contributed by atoms with Crippen LogP contribution in [-0.4, -0.2) is 59.7 Å². The van der Waals surface area contributed by atoms with Crippen LogP contribution >= 0.6 is 0 Å². The predicted molar refractivity (Wildman–Crippen MR) is 128 cm³/mol. The van der Waals surface area contributed by atoms with Crippen LogP contribution in [0.25, 0.3) is 0 Å². The zero-order valence-electron chi connectivity index (χ0n) is 20.0. The van der Waals surface area contributed by atoms with E-state index in [0.29, 0.717) is 25.3 Å². The Hall–Kier alpha value is -2.63. The summed E-state index contributed by atoms with van der Waals surface area (Å²) in [5.41, 5.74) is 0.237. The highest BCUT2D eigenvalue weighted by molar-refractivity contribution is 5.86. The van der Waals surface area contributed by atoms with E-state index in [9.17, 15) is 14.9 Å². The van der Waals surface area contributed by atoms with Crippen molar-refractivity contribution >= 4 is 12.0 Å². The van der Waals surface area contributed by atoms with Gasteiger partial charge in [-0.3, -0.25) is 9.69 Å². The molecule has 2 N–H and O–H groups in total. The first-order valence-corrected chi connectivity index (χ1v) is 12.8. The van der Waals surface area contributed by atoms with Gasteiger partial charge in [0.15, 0.2) is 0 Å². The molecule has 2 amide bonds. The normalized spacial score (nSPS) is 24.9. The van der Waals surface area contributed by atoms with Gasteiger partial charge in [-0.05, 0) is 37.2 Å². The van der Waals surface area contributed by atoms with Crippen molar-refractivity contribution in [2.24, 2.45) is 5.92 Å². The summed E-state index contributed by atoms with van der Waals surface area (Å²) in [6, 6.07) is 11.8. The Morgan fingerprint density at radius 1 is 1.09 bits per heavy atom. The molecule has 2 unspecified atom stereocenters. The van der Waals surface area contributed by atoms with Crippen LogP contribution in [0.4, 0.5) is 4.79 Å². The average molecular weight is 468 g/mol. The molecule has 8 heteroatoms. The van der Waals surface area contributed by atoms with Crippen LogP contribution in [0.5, 0.6) is 0 Å². The molecule has 2 aliphatic heterocycles. The van der Waals surface area contributed by atoms with Gasteiger partial charge in [0.2, 0.25) is 5.91 Å². The number of nitriles is 1. The maximum absolute atomic E-state index is 13.4. The Morgan fingerprint density at radius 3 is 2.53 bits per heavy atom. The Balaban J connectivity index is 1.38. The SMILES string of the molecule is N#CC1(NC(=O)C(CC2CCCCC2)NC(=O)ON2CCCC2)CCN(Cc2ccccc2)C1. The van der Waals surface area contributed by atoms with Crippen molar-refractivity contribution in [2.45, 2.75) is 75.9 Å². The fourth-order valence-corrected chi connectivity index (χ4v) is 5.46. The third-order valence-electron chi connectivity index (χ3n) is 7.35. The van der Waals surface area contributed by atoms with E-state index in [1.165, 1.54) is 12.0 Å². The van der Waals surface area contributed by atoms with Gasteiger partial charge in [-0.1, -0.05) is 62.4 Å². The number of hydrogen-bond acceptors (Lipinski definition) is 6. The second-order valence-electron chi connectivity index (χ2n) is 10.1. The van der Waals surface area contributed by atoms with Crippen molar-refractivity contribution in [1.82, 2.24) is 20.6 Å². The van der Waals surface area contributed by atoms with Gasteiger partial charge in [0.05, 0.1) is 6.07 Å². The van der Waals surface area contributed by atoms with Gasteiger partial charge in [0.1, 0.15) is 11.6 Å². The fourth-order valence-electron chi connectivity index (χ4n) is 5.46. The van der Waals surface area contributed by atoms with Crippen molar-refractivity contribution < 1.29 is 14.4 Å². The minimum atomic E-state index is -0.947. The van der Waals surface area contributed by atoms with Gasteiger partial charge in [-0.15, -0.1) is 5.06 Å². The van der Waals surface area contributed by atoms with Gasteiger partial charge < -0.3 is 15.5 Å². The molecule has 0 bridgehead atoms. The zero-order chi connectivity index (χ0) is 23.8. The van der Waals surface area contributed by atoms with Crippen molar-refractivity contribution in [2.75, 3.05) is 26.2 Å². The molecule has 1 aliphatic carbocycles. The van der Waals surface area contributed by atoms with E-state index in [-0.39, 0.29) is 5.91 Å². The van der Waals surface area contributed by atoms with E-state index >= 15 is 0 Å². The molecule has 0 aromatic heterocycles. The van der Waals surface area contributed by atoms with Crippen LogP contribution in [0.1, 0.15) is 63.4 Å². The first-order valence-electron chi connectivity index (χ1n) is 12.8. The van der Waals surface area contributed by atoms with E-state index in [1.807, 2.05) is 18.2 Å². The summed E-state index contributed by atoms with van der Waals surface area (Å²) in [5, 5.41) is 17.5. The maximum Gasteiger partial charge on any atom is 0.426 e. The molecule has 3 aliphatic rings. The number of hydrogen-bond donors (Lipinski definition) is 2. The lowest BCUT2D eigenvalue weighted by Crippen LogP contribution is -2.57. The summed E-state index contributed by atoms with van der Waals surface area (Å²) < 4.78 is 0. The van der Waals surface area contributed by atoms with Crippen molar-refractivity contribution in [1.29, 1.82) is 5.26 Å². The molecule has 0 spiro atoms. The van der Waals surface area contributed by atoms with Crippen molar-refractivity contribution in [3.05, 3.63) is 35.9 Å². The average Bonchev–Trinajstić information content (AvgIpc) is 3.50. The summed E-state index contributed by atoms with van der Waals surface area (Å²) in [6.45, 7) is 3.40. The molecular formula is C26H37N5O3. The van der Waals surface area contributed by atoms with E-state index in [2.05, 4.69) is 33.7 Å². The molecule has 1 aromatic rings. The standard InChI is InChI=1S/C26H37N5O3/c27-19-26(13-16-30(20-26)18-22-11-5-2-6-12-22)29-24(32)23(17-21-9-3-1-4-10-21)28-25(33)34-31-14-7-8-15-31/h2,5-6,11-12,21,23H,1,3-4,7-10,13-18,20H2,(H,28,33)(H,29,32). The first kappa shape index (κ1) is 24.5. The monoisotopic (exact) mass is 467 g/mol. The molecule has 184 valence electrons. The van der Waals surface area contributed by atoms with Crippen LogP contribution in [0.2, 0.25) is 0 Å². The topological polar surface area (TPSA) is 97.7 Å². The minimum Gasteiger partial charge on any atom is -0.351 e. The number of nitrogens with zero attached hydrogens (tertiary/aromatic N) is 3. The third kappa shape index (κ3) is 6.71. The zero-order valence-corrected chi connectivity index (χ0v) is 20.0. The van der Waals surface area contributed by atoms with E-state index in [0.717, 1.165) is 64.7 Å². The number of nitrogens with one attached hydrogen (secondary N) is 2. The summed E-state index contributed by atoms with van der Waals surface area (Å²) in [7, 11) is 0. The molecular weight excluding hydrogens is 430 g/mol.